The van der Waals surface area contributed by atoms with Crippen LogP contribution in [0.25, 0.3) is 0 Å². The number of nitrogens with zero attached hydrogens (tertiary/aromatic N) is 1. The average Bonchev–Trinajstić information content (AvgIpc) is 3.30. The Morgan fingerprint density at radius 1 is 1.24 bits per heavy atom. The molecule has 0 bridgehead atoms. The molecule has 1 aliphatic carbocycles. The van der Waals surface area contributed by atoms with Crippen LogP contribution < -0.4 is 5.32 Å². The van der Waals surface area contributed by atoms with E-state index in [0.29, 0.717) is 19.4 Å². The van der Waals surface area contributed by atoms with E-state index < -0.39 is 12.0 Å². The van der Waals surface area contributed by atoms with E-state index in [1.807, 2.05) is 6.92 Å². The Morgan fingerprint density at radius 2 is 1.95 bits per heavy atom. The Kier molecular flexibility index (Phi) is 5.20. The Balaban J connectivity index is 1.88. The predicted octanol–water partition coefficient (Wildman–Crippen LogP) is 1.00. The molecule has 1 heterocycles. The van der Waals surface area contributed by atoms with Gasteiger partial charge in [-0.1, -0.05) is 13.3 Å². The van der Waals surface area contributed by atoms with Crippen molar-refractivity contribution < 1.29 is 19.5 Å². The van der Waals surface area contributed by atoms with Gasteiger partial charge >= 0.3 is 5.97 Å². The third-order valence-corrected chi connectivity index (χ3v) is 4.22. The van der Waals surface area contributed by atoms with Gasteiger partial charge in [0.25, 0.3) is 0 Å². The fraction of sp³-hybridized carbons (Fsp3) is 0.800. The monoisotopic (exact) mass is 296 g/mol. The number of hydrogen-bond acceptors (Lipinski definition) is 3. The van der Waals surface area contributed by atoms with Crippen molar-refractivity contribution in [1.29, 1.82) is 0 Å². The first-order valence-electron chi connectivity index (χ1n) is 7.85. The van der Waals surface area contributed by atoms with Crippen LogP contribution in [0, 0.1) is 11.8 Å². The number of carbonyl (C=O) groups is 3. The molecular formula is C15H24N2O4. The molecule has 2 atom stereocenters. The Hall–Kier alpha value is -1.59. The maximum absolute atomic E-state index is 12.2. The van der Waals surface area contributed by atoms with Crippen molar-refractivity contribution in [3.8, 4) is 0 Å². The molecule has 2 amide bonds. The summed E-state index contributed by atoms with van der Waals surface area (Å²) in [4.78, 5) is 37.2. The Morgan fingerprint density at radius 3 is 2.52 bits per heavy atom. The van der Waals surface area contributed by atoms with E-state index in [-0.39, 0.29) is 23.7 Å². The first-order chi connectivity index (χ1) is 10.0. The lowest BCUT2D eigenvalue weighted by Crippen LogP contribution is -2.49. The molecule has 2 N–H and O–H groups in total. The number of likely N-dealkylation sites (tertiary alicyclic amines) is 1. The highest BCUT2D eigenvalue weighted by molar-refractivity contribution is 5.86. The lowest BCUT2D eigenvalue weighted by molar-refractivity contribution is -0.144. The quantitative estimate of drug-likeness (QED) is 0.765. The Labute approximate surface area is 124 Å². The maximum atomic E-state index is 12.2. The van der Waals surface area contributed by atoms with Gasteiger partial charge in [0, 0.05) is 19.0 Å². The molecule has 0 spiro atoms. The molecule has 2 rings (SSSR count). The molecule has 1 aliphatic heterocycles. The van der Waals surface area contributed by atoms with Gasteiger partial charge in [0.15, 0.2) is 0 Å². The largest absolute Gasteiger partial charge is 0.480 e. The third-order valence-electron chi connectivity index (χ3n) is 4.22. The molecule has 2 aliphatic rings. The minimum atomic E-state index is -0.994. The standard InChI is InChI=1S/C15H24N2O4/c1-2-4-12(15(20)21)16-13(18)11-5-3-8-17(9-11)14(19)10-6-7-10/h10-12H,2-9H2,1H3,(H,16,18)(H,20,21)/t11?,12-/m1/s1. The van der Waals surface area contributed by atoms with Crippen molar-refractivity contribution in [3.63, 3.8) is 0 Å². The summed E-state index contributed by atoms with van der Waals surface area (Å²) in [5, 5.41) is 11.7. The molecule has 1 saturated heterocycles. The summed E-state index contributed by atoms with van der Waals surface area (Å²) < 4.78 is 0. The van der Waals surface area contributed by atoms with Crippen molar-refractivity contribution >= 4 is 17.8 Å². The SMILES string of the molecule is CCC[C@@H](NC(=O)C1CCCN(C(=O)C2CC2)C1)C(=O)O. The molecule has 21 heavy (non-hydrogen) atoms. The third kappa shape index (κ3) is 4.19. The lowest BCUT2D eigenvalue weighted by Gasteiger charge is -2.32. The second-order valence-electron chi connectivity index (χ2n) is 6.09. The van der Waals surface area contributed by atoms with Gasteiger partial charge in [-0.05, 0) is 32.1 Å². The van der Waals surface area contributed by atoms with Gasteiger partial charge < -0.3 is 15.3 Å². The molecule has 1 unspecified atom stereocenters. The summed E-state index contributed by atoms with van der Waals surface area (Å²) in [5.41, 5.74) is 0. The highest BCUT2D eigenvalue weighted by atomic mass is 16.4. The van der Waals surface area contributed by atoms with Gasteiger partial charge in [0.2, 0.25) is 11.8 Å². The molecule has 6 heteroatoms. The van der Waals surface area contributed by atoms with Crippen LogP contribution in [-0.2, 0) is 14.4 Å². The minimum absolute atomic E-state index is 0.163. The van der Waals surface area contributed by atoms with Gasteiger partial charge in [-0.3, -0.25) is 9.59 Å². The van der Waals surface area contributed by atoms with Crippen LogP contribution >= 0.6 is 0 Å². The number of rotatable bonds is 6. The van der Waals surface area contributed by atoms with Crippen LogP contribution in [0.3, 0.4) is 0 Å². The number of aliphatic carboxylic acids is 1. The number of piperidine rings is 1. The molecular weight excluding hydrogens is 272 g/mol. The number of carboxylic acid groups (broad SMARTS) is 1. The number of carbonyl (C=O) groups excluding carboxylic acids is 2. The first-order valence-corrected chi connectivity index (χ1v) is 7.85. The van der Waals surface area contributed by atoms with Gasteiger partial charge in [-0.25, -0.2) is 4.79 Å². The zero-order chi connectivity index (χ0) is 15.4. The fourth-order valence-electron chi connectivity index (χ4n) is 2.82. The number of amides is 2. The second kappa shape index (κ2) is 6.91. The predicted molar refractivity (Wildman–Crippen MR) is 76.5 cm³/mol. The van der Waals surface area contributed by atoms with Crippen LogP contribution in [0.5, 0.6) is 0 Å². The van der Waals surface area contributed by atoms with Crippen LogP contribution in [-0.4, -0.2) is 46.9 Å². The van der Waals surface area contributed by atoms with E-state index in [1.165, 1.54) is 0 Å². The van der Waals surface area contributed by atoms with Crippen LogP contribution in [0.15, 0.2) is 0 Å². The molecule has 1 saturated carbocycles. The van der Waals surface area contributed by atoms with E-state index in [9.17, 15) is 14.4 Å². The zero-order valence-corrected chi connectivity index (χ0v) is 12.5. The summed E-state index contributed by atoms with van der Waals surface area (Å²) in [6.07, 6.45) is 4.58. The summed E-state index contributed by atoms with van der Waals surface area (Å²) >= 11 is 0. The van der Waals surface area contributed by atoms with Crippen LogP contribution in [0.1, 0.15) is 45.4 Å². The van der Waals surface area contributed by atoms with E-state index in [0.717, 1.165) is 32.2 Å². The molecule has 0 radical (unpaired) electrons. The fourth-order valence-corrected chi connectivity index (χ4v) is 2.82. The Bertz CT molecular complexity index is 420. The maximum Gasteiger partial charge on any atom is 0.326 e. The van der Waals surface area contributed by atoms with E-state index in [4.69, 9.17) is 5.11 Å². The summed E-state index contributed by atoms with van der Waals surface area (Å²) in [7, 11) is 0. The van der Waals surface area contributed by atoms with E-state index in [2.05, 4.69) is 5.32 Å². The average molecular weight is 296 g/mol. The van der Waals surface area contributed by atoms with Crippen LogP contribution in [0.2, 0.25) is 0 Å². The second-order valence-corrected chi connectivity index (χ2v) is 6.09. The molecule has 0 aromatic rings. The zero-order valence-electron chi connectivity index (χ0n) is 12.5. The van der Waals surface area contributed by atoms with Crippen molar-refractivity contribution in [1.82, 2.24) is 10.2 Å². The minimum Gasteiger partial charge on any atom is -0.480 e. The topological polar surface area (TPSA) is 86.7 Å². The summed E-state index contributed by atoms with van der Waals surface area (Å²) in [6.45, 7) is 3.04. The van der Waals surface area contributed by atoms with Crippen molar-refractivity contribution in [2.45, 2.75) is 51.5 Å². The van der Waals surface area contributed by atoms with Gasteiger partial charge in [0.1, 0.15) is 6.04 Å². The smallest absolute Gasteiger partial charge is 0.326 e. The normalized spacial score (nSPS) is 23.5. The van der Waals surface area contributed by atoms with Crippen molar-refractivity contribution in [2.24, 2.45) is 11.8 Å². The first kappa shape index (κ1) is 15.8. The van der Waals surface area contributed by atoms with E-state index in [1.54, 1.807) is 4.90 Å². The highest BCUT2D eigenvalue weighted by Gasteiger charge is 2.37. The summed E-state index contributed by atoms with van der Waals surface area (Å²) in [6, 6.07) is -0.822. The van der Waals surface area contributed by atoms with Crippen molar-refractivity contribution in [2.75, 3.05) is 13.1 Å². The molecule has 6 nitrogen and oxygen atoms in total. The van der Waals surface area contributed by atoms with Gasteiger partial charge in [0.05, 0.1) is 5.92 Å². The lowest BCUT2D eigenvalue weighted by atomic mass is 9.96. The van der Waals surface area contributed by atoms with Gasteiger partial charge in [-0.2, -0.15) is 0 Å². The highest BCUT2D eigenvalue weighted by Crippen LogP contribution is 2.32. The molecule has 2 fully saturated rings. The van der Waals surface area contributed by atoms with E-state index >= 15 is 0 Å². The van der Waals surface area contributed by atoms with Crippen molar-refractivity contribution in [3.05, 3.63) is 0 Å². The number of nitrogens with one attached hydrogen (secondary N) is 1. The number of carboxylic acids is 1. The molecule has 0 aromatic heterocycles. The van der Waals surface area contributed by atoms with Crippen LogP contribution in [0.4, 0.5) is 0 Å². The summed E-state index contributed by atoms with van der Waals surface area (Å²) in [5.74, 6) is -1.18. The number of hydrogen-bond donors (Lipinski definition) is 2. The molecule has 0 aromatic carbocycles. The molecule has 118 valence electrons. The van der Waals surface area contributed by atoms with Gasteiger partial charge in [-0.15, -0.1) is 0 Å².